The van der Waals surface area contributed by atoms with Crippen LogP contribution in [0.1, 0.15) is 53.3 Å². The fourth-order valence-corrected chi connectivity index (χ4v) is 2.95. The second-order valence-electron chi connectivity index (χ2n) is 5.14. The Morgan fingerprint density at radius 1 is 1.56 bits per heavy atom. The summed E-state index contributed by atoms with van der Waals surface area (Å²) in [5.41, 5.74) is 6.64. The average molecular weight is 239 g/mol. The van der Waals surface area contributed by atoms with E-state index in [4.69, 9.17) is 10.5 Å². The number of nitrogens with two attached hydrogens (primary N) is 1. The van der Waals surface area contributed by atoms with Gasteiger partial charge >= 0.3 is 5.97 Å². The highest BCUT2D eigenvalue weighted by molar-refractivity contribution is 7.14. The van der Waals surface area contributed by atoms with Gasteiger partial charge < -0.3 is 10.5 Å². The number of carbonyl (C=O) groups excluding carboxylic acids is 1. The summed E-state index contributed by atoms with van der Waals surface area (Å²) >= 11 is 1.52. The van der Waals surface area contributed by atoms with E-state index < -0.39 is 5.60 Å². The third-order valence-electron chi connectivity index (χ3n) is 2.52. The lowest BCUT2D eigenvalue weighted by molar-refractivity contribution is 0.00751. The van der Waals surface area contributed by atoms with Crippen molar-refractivity contribution in [1.29, 1.82) is 0 Å². The Hall–Kier alpha value is -0.870. The van der Waals surface area contributed by atoms with Gasteiger partial charge in [0.25, 0.3) is 0 Å². The molecule has 2 rings (SSSR count). The number of thiophene rings is 1. The number of rotatable bonds is 1. The van der Waals surface area contributed by atoms with Gasteiger partial charge in [0.05, 0.1) is 0 Å². The number of carbonyl (C=O) groups is 1. The molecule has 0 saturated carbocycles. The summed E-state index contributed by atoms with van der Waals surface area (Å²) in [7, 11) is 0. The molecular formula is C12H17NO2S. The molecule has 88 valence electrons. The van der Waals surface area contributed by atoms with E-state index in [1.54, 1.807) is 0 Å². The van der Waals surface area contributed by atoms with E-state index in [1.807, 2.05) is 26.8 Å². The van der Waals surface area contributed by atoms with Crippen molar-refractivity contribution >= 4 is 17.3 Å². The first-order valence-electron chi connectivity index (χ1n) is 5.48. The molecule has 3 nitrogen and oxygen atoms in total. The highest BCUT2D eigenvalue weighted by Gasteiger charge is 2.26. The predicted octanol–water partition coefficient (Wildman–Crippen LogP) is 2.65. The first-order chi connectivity index (χ1) is 7.37. The molecule has 1 aliphatic rings. The van der Waals surface area contributed by atoms with Crippen molar-refractivity contribution in [3.63, 3.8) is 0 Å². The summed E-state index contributed by atoms with van der Waals surface area (Å²) in [5.74, 6) is -0.237. The fourth-order valence-electron chi connectivity index (χ4n) is 1.82. The Kier molecular flexibility index (Phi) is 2.80. The minimum atomic E-state index is -0.437. The van der Waals surface area contributed by atoms with Gasteiger partial charge in [0.15, 0.2) is 0 Å². The molecule has 16 heavy (non-hydrogen) atoms. The van der Waals surface area contributed by atoms with Gasteiger partial charge in [0.1, 0.15) is 10.5 Å². The minimum absolute atomic E-state index is 0.0995. The van der Waals surface area contributed by atoms with E-state index in [-0.39, 0.29) is 12.0 Å². The van der Waals surface area contributed by atoms with Crippen LogP contribution in [0.2, 0.25) is 0 Å². The maximum atomic E-state index is 11.8. The molecule has 0 fully saturated rings. The van der Waals surface area contributed by atoms with Crippen molar-refractivity contribution in [3.05, 3.63) is 21.4 Å². The topological polar surface area (TPSA) is 52.3 Å². The molecule has 0 spiro atoms. The second kappa shape index (κ2) is 3.86. The maximum Gasteiger partial charge on any atom is 0.348 e. The number of fused-ring (bicyclic) bond motifs is 1. The summed E-state index contributed by atoms with van der Waals surface area (Å²) in [6.07, 6.45) is 1.99. The van der Waals surface area contributed by atoms with Crippen LogP contribution in [0.5, 0.6) is 0 Å². The van der Waals surface area contributed by atoms with Crippen LogP contribution >= 0.6 is 11.3 Å². The molecule has 1 atom stereocenters. The molecule has 1 heterocycles. The number of hydrogen-bond donors (Lipinski definition) is 1. The average Bonchev–Trinajstić information content (AvgIpc) is 2.65. The highest BCUT2D eigenvalue weighted by Crippen LogP contribution is 2.36. The fraction of sp³-hybridized carbons (Fsp3) is 0.583. The Labute approximate surface area is 99.6 Å². The van der Waals surface area contributed by atoms with Gasteiger partial charge in [-0.3, -0.25) is 0 Å². The number of esters is 1. The summed E-state index contributed by atoms with van der Waals surface area (Å²) in [6.45, 7) is 5.62. The molecule has 1 unspecified atom stereocenters. The zero-order valence-corrected chi connectivity index (χ0v) is 10.7. The molecule has 1 aromatic heterocycles. The largest absolute Gasteiger partial charge is 0.456 e. The normalized spacial score (nSPS) is 19.6. The van der Waals surface area contributed by atoms with Crippen molar-refractivity contribution in [1.82, 2.24) is 0 Å². The van der Waals surface area contributed by atoms with Crippen molar-refractivity contribution < 1.29 is 9.53 Å². The van der Waals surface area contributed by atoms with E-state index in [0.29, 0.717) is 4.88 Å². The van der Waals surface area contributed by atoms with Gasteiger partial charge in [-0.1, -0.05) is 0 Å². The van der Waals surface area contributed by atoms with Gasteiger partial charge in [-0.2, -0.15) is 0 Å². The molecule has 4 heteroatoms. The lowest BCUT2D eigenvalue weighted by Gasteiger charge is -2.18. The molecule has 0 aliphatic heterocycles. The van der Waals surface area contributed by atoms with Gasteiger partial charge in [-0.25, -0.2) is 4.79 Å². The van der Waals surface area contributed by atoms with Crippen LogP contribution in [0.4, 0.5) is 0 Å². The SMILES string of the molecule is CC(C)(C)OC(=O)c1cc2c(s1)CCC2N. The Balaban J connectivity index is 2.17. The standard InChI is InChI=1S/C12H17NO2S/c1-12(2,3)15-11(14)10-6-7-8(13)4-5-9(7)16-10/h6,8H,4-5,13H2,1-3H3. The van der Waals surface area contributed by atoms with E-state index in [1.165, 1.54) is 16.2 Å². The first-order valence-corrected chi connectivity index (χ1v) is 6.30. The van der Waals surface area contributed by atoms with Gasteiger partial charge in [-0.05, 0) is 45.2 Å². The molecule has 0 bridgehead atoms. The molecule has 1 aromatic rings. The lowest BCUT2D eigenvalue weighted by Crippen LogP contribution is -2.23. The summed E-state index contributed by atoms with van der Waals surface area (Å²) in [4.78, 5) is 13.7. The predicted molar refractivity (Wildman–Crippen MR) is 64.7 cm³/mol. The molecule has 1 aliphatic carbocycles. The molecule has 0 saturated heterocycles. The van der Waals surface area contributed by atoms with Crippen LogP contribution in [-0.4, -0.2) is 11.6 Å². The summed E-state index contributed by atoms with van der Waals surface area (Å²) in [5, 5.41) is 0. The van der Waals surface area contributed by atoms with E-state index in [0.717, 1.165) is 18.4 Å². The van der Waals surface area contributed by atoms with Crippen molar-refractivity contribution in [2.75, 3.05) is 0 Å². The summed E-state index contributed by atoms with van der Waals surface area (Å²) < 4.78 is 5.33. The van der Waals surface area contributed by atoms with Gasteiger partial charge in [-0.15, -0.1) is 11.3 Å². The van der Waals surface area contributed by atoms with Crippen LogP contribution in [0.15, 0.2) is 6.07 Å². The minimum Gasteiger partial charge on any atom is -0.456 e. The Morgan fingerprint density at radius 3 is 2.81 bits per heavy atom. The van der Waals surface area contributed by atoms with Gasteiger partial charge in [0, 0.05) is 10.9 Å². The maximum absolute atomic E-state index is 11.8. The van der Waals surface area contributed by atoms with E-state index >= 15 is 0 Å². The smallest absolute Gasteiger partial charge is 0.348 e. The van der Waals surface area contributed by atoms with Crippen molar-refractivity contribution in [2.24, 2.45) is 5.73 Å². The van der Waals surface area contributed by atoms with E-state index in [9.17, 15) is 4.79 Å². The van der Waals surface area contributed by atoms with Crippen LogP contribution in [0.25, 0.3) is 0 Å². The third kappa shape index (κ3) is 2.28. The molecule has 0 amide bonds. The molecular weight excluding hydrogens is 222 g/mol. The zero-order valence-electron chi connectivity index (χ0n) is 9.87. The van der Waals surface area contributed by atoms with Crippen molar-refractivity contribution in [2.45, 2.75) is 45.3 Å². The first kappa shape index (κ1) is 11.6. The third-order valence-corrected chi connectivity index (χ3v) is 3.71. The van der Waals surface area contributed by atoms with Gasteiger partial charge in [0.2, 0.25) is 0 Å². The lowest BCUT2D eigenvalue weighted by atomic mass is 10.2. The Morgan fingerprint density at radius 2 is 2.25 bits per heavy atom. The second-order valence-corrected chi connectivity index (χ2v) is 6.27. The van der Waals surface area contributed by atoms with E-state index in [2.05, 4.69) is 0 Å². The molecule has 0 aromatic carbocycles. The quantitative estimate of drug-likeness (QED) is 0.766. The van der Waals surface area contributed by atoms with Crippen LogP contribution in [0, 0.1) is 0 Å². The van der Waals surface area contributed by atoms with Crippen molar-refractivity contribution in [3.8, 4) is 0 Å². The number of hydrogen-bond acceptors (Lipinski definition) is 4. The number of aryl methyl sites for hydroxylation is 1. The van der Waals surface area contributed by atoms with Crippen LogP contribution in [-0.2, 0) is 11.2 Å². The molecule has 2 N–H and O–H groups in total. The highest BCUT2D eigenvalue weighted by atomic mass is 32.1. The Bertz CT molecular complexity index is 417. The zero-order chi connectivity index (χ0) is 11.9. The monoisotopic (exact) mass is 239 g/mol. The van der Waals surface area contributed by atoms with Crippen LogP contribution < -0.4 is 5.73 Å². The summed E-state index contributed by atoms with van der Waals surface area (Å²) in [6, 6.07) is 1.99. The van der Waals surface area contributed by atoms with Crippen LogP contribution in [0.3, 0.4) is 0 Å². The number of ether oxygens (including phenoxy) is 1. The molecule has 0 radical (unpaired) electrons.